The van der Waals surface area contributed by atoms with E-state index in [1.807, 2.05) is 16.8 Å². The van der Waals surface area contributed by atoms with Gasteiger partial charge in [-0.2, -0.15) is 0 Å². The number of likely N-dealkylation sites (tertiary alicyclic amines) is 1. The molecular formula is C18H24N4O4. The standard InChI is InChI=1S/C18H24N4O4/c1-18(2,7-17(25)26)6-16(24)22-9-12(14(23)11-22)5-13-10-21-4-3-19-15(21)8-20-13/h3-4,8,10,12,14,23H,5-7,9,11H2,1-2H3,(H,25,26)/t12-,14+/m0/s1. The number of imidazole rings is 1. The van der Waals surface area contributed by atoms with E-state index in [9.17, 15) is 14.7 Å². The van der Waals surface area contributed by atoms with E-state index in [-0.39, 0.29) is 31.2 Å². The van der Waals surface area contributed by atoms with Gasteiger partial charge in [-0.3, -0.25) is 14.6 Å². The lowest BCUT2D eigenvalue weighted by atomic mass is 9.85. The minimum Gasteiger partial charge on any atom is -0.481 e. The molecule has 2 aromatic rings. The summed E-state index contributed by atoms with van der Waals surface area (Å²) in [6, 6.07) is 0. The molecule has 2 atom stereocenters. The first-order valence-corrected chi connectivity index (χ1v) is 8.69. The van der Waals surface area contributed by atoms with Crippen LogP contribution >= 0.6 is 0 Å². The number of aromatic nitrogens is 3. The van der Waals surface area contributed by atoms with Crippen LogP contribution in [0.25, 0.3) is 5.65 Å². The van der Waals surface area contributed by atoms with Crippen LogP contribution in [-0.4, -0.2) is 60.6 Å². The van der Waals surface area contributed by atoms with Crippen molar-refractivity contribution in [2.45, 2.75) is 39.2 Å². The van der Waals surface area contributed by atoms with E-state index in [0.717, 1.165) is 11.3 Å². The minimum absolute atomic E-state index is 0.0621. The summed E-state index contributed by atoms with van der Waals surface area (Å²) in [5.74, 6) is -1.12. The molecule has 0 spiro atoms. The molecule has 1 aliphatic rings. The molecule has 26 heavy (non-hydrogen) atoms. The Morgan fingerprint density at radius 2 is 2.04 bits per heavy atom. The zero-order chi connectivity index (χ0) is 18.9. The average molecular weight is 360 g/mol. The second kappa shape index (κ2) is 7.03. The molecular weight excluding hydrogens is 336 g/mol. The number of aliphatic hydroxyl groups is 1. The van der Waals surface area contributed by atoms with Gasteiger partial charge in [-0.25, -0.2) is 4.98 Å². The van der Waals surface area contributed by atoms with Gasteiger partial charge >= 0.3 is 5.97 Å². The highest BCUT2D eigenvalue weighted by Crippen LogP contribution is 2.28. The fourth-order valence-corrected chi connectivity index (χ4v) is 3.49. The topological polar surface area (TPSA) is 108 Å². The lowest BCUT2D eigenvalue weighted by Gasteiger charge is -2.25. The summed E-state index contributed by atoms with van der Waals surface area (Å²) in [6.45, 7) is 4.27. The quantitative estimate of drug-likeness (QED) is 0.795. The largest absolute Gasteiger partial charge is 0.481 e. The third-order valence-electron chi connectivity index (χ3n) is 4.82. The number of carboxylic acid groups (broad SMARTS) is 1. The molecule has 1 amide bonds. The molecule has 8 heteroatoms. The fourth-order valence-electron chi connectivity index (χ4n) is 3.49. The summed E-state index contributed by atoms with van der Waals surface area (Å²) in [7, 11) is 0. The third kappa shape index (κ3) is 4.19. The first kappa shape index (κ1) is 18.3. The van der Waals surface area contributed by atoms with Crippen molar-refractivity contribution in [3.8, 4) is 0 Å². The number of rotatable bonds is 6. The maximum Gasteiger partial charge on any atom is 0.303 e. The SMILES string of the molecule is CC(C)(CC(=O)O)CC(=O)N1C[C@H](Cc2cn3ccnc3cn2)[C@H](O)C1. The Balaban J connectivity index is 1.61. The summed E-state index contributed by atoms with van der Waals surface area (Å²) in [5, 5.41) is 19.3. The number of amides is 1. The Morgan fingerprint density at radius 3 is 2.77 bits per heavy atom. The number of fused-ring (bicyclic) bond motifs is 1. The van der Waals surface area contributed by atoms with Crippen molar-refractivity contribution >= 4 is 17.5 Å². The molecule has 8 nitrogen and oxygen atoms in total. The minimum atomic E-state index is -0.914. The van der Waals surface area contributed by atoms with Crippen molar-refractivity contribution < 1.29 is 19.8 Å². The smallest absolute Gasteiger partial charge is 0.303 e. The number of carboxylic acids is 1. The van der Waals surface area contributed by atoms with Crippen molar-refractivity contribution in [1.82, 2.24) is 19.3 Å². The molecule has 0 bridgehead atoms. The van der Waals surface area contributed by atoms with Crippen molar-refractivity contribution in [3.63, 3.8) is 0 Å². The Bertz CT molecular complexity index is 816. The normalized spacial score (nSPS) is 20.7. The van der Waals surface area contributed by atoms with Crippen LogP contribution in [0.2, 0.25) is 0 Å². The number of hydrogen-bond acceptors (Lipinski definition) is 5. The monoisotopic (exact) mass is 360 g/mol. The molecule has 0 aliphatic carbocycles. The van der Waals surface area contributed by atoms with Gasteiger partial charge in [0, 0.05) is 44.0 Å². The van der Waals surface area contributed by atoms with Crippen LogP contribution in [-0.2, 0) is 16.0 Å². The van der Waals surface area contributed by atoms with E-state index < -0.39 is 17.5 Å². The Labute approximate surface area is 151 Å². The number of carbonyl (C=O) groups excluding carboxylic acids is 1. The summed E-state index contributed by atoms with van der Waals surface area (Å²) in [4.78, 5) is 33.6. The zero-order valence-corrected chi connectivity index (χ0v) is 15.0. The van der Waals surface area contributed by atoms with Crippen LogP contribution in [0, 0.1) is 11.3 Å². The van der Waals surface area contributed by atoms with Crippen LogP contribution in [0.15, 0.2) is 24.8 Å². The Hall–Kier alpha value is -2.48. The van der Waals surface area contributed by atoms with E-state index in [2.05, 4.69) is 9.97 Å². The maximum absolute atomic E-state index is 12.5. The number of carbonyl (C=O) groups is 2. The average Bonchev–Trinajstić information content (AvgIpc) is 3.12. The maximum atomic E-state index is 12.5. The summed E-state index contributed by atoms with van der Waals surface area (Å²) < 4.78 is 1.88. The predicted octanol–water partition coefficient (Wildman–Crippen LogP) is 0.982. The molecule has 1 aliphatic heterocycles. The highest BCUT2D eigenvalue weighted by atomic mass is 16.4. The van der Waals surface area contributed by atoms with E-state index in [4.69, 9.17) is 5.11 Å². The first-order valence-electron chi connectivity index (χ1n) is 8.69. The van der Waals surface area contributed by atoms with Crippen molar-refractivity contribution in [2.24, 2.45) is 11.3 Å². The third-order valence-corrected chi connectivity index (χ3v) is 4.82. The van der Waals surface area contributed by atoms with Crippen LogP contribution in [0.5, 0.6) is 0 Å². The summed E-state index contributed by atoms with van der Waals surface area (Å²) in [6.07, 6.45) is 7.16. The summed E-state index contributed by atoms with van der Waals surface area (Å²) in [5.41, 5.74) is 0.984. The van der Waals surface area contributed by atoms with E-state index in [1.165, 1.54) is 0 Å². The van der Waals surface area contributed by atoms with E-state index in [1.54, 1.807) is 31.1 Å². The van der Waals surface area contributed by atoms with Gasteiger partial charge in [0.25, 0.3) is 0 Å². The van der Waals surface area contributed by atoms with E-state index in [0.29, 0.717) is 13.0 Å². The zero-order valence-electron chi connectivity index (χ0n) is 15.0. The molecule has 1 fully saturated rings. The molecule has 2 N–H and O–H groups in total. The van der Waals surface area contributed by atoms with Gasteiger partial charge in [-0.15, -0.1) is 0 Å². The molecule has 2 aromatic heterocycles. The van der Waals surface area contributed by atoms with Gasteiger partial charge in [0.1, 0.15) is 0 Å². The molecule has 140 valence electrons. The second-order valence-electron chi connectivity index (χ2n) is 7.81. The van der Waals surface area contributed by atoms with E-state index >= 15 is 0 Å². The fraction of sp³-hybridized carbons (Fsp3) is 0.556. The first-order chi connectivity index (χ1) is 12.2. The molecule has 3 rings (SSSR count). The highest BCUT2D eigenvalue weighted by Gasteiger charge is 2.36. The molecule has 3 heterocycles. The van der Waals surface area contributed by atoms with Gasteiger partial charge < -0.3 is 19.5 Å². The molecule has 0 radical (unpaired) electrons. The number of nitrogens with zero attached hydrogens (tertiary/aromatic N) is 4. The van der Waals surface area contributed by atoms with Gasteiger partial charge in [0.15, 0.2) is 5.65 Å². The lowest BCUT2D eigenvalue weighted by Crippen LogP contribution is -2.34. The van der Waals surface area contributed by atoms with Gasteiger partial charge in [-0.1, -0.05) is 13.8 Å². The van der Waals surface area contributed by atoms with Crippen LogP contribution in [0.1, 0.15) is 32.4 Å². The Morgan fingerprint density at radius 1 is 1.27 bits per heavy atom. The van der Waals surface area contributed by atoms with Gasteiger partial charge in [-0.05, 0) is 11.8 Å². The number of β-amino-alcohol motifs (C(OH)–C–C–N with tert-alkyl or cyclic N) is 1. The molecule has 0 unspecified atom stereocenters. The number of aliphatic hydroxyl groups excluding tert-OH is 1. The predicted molar refractivity (Wildman–Crippen MR) is 93.4 cm³/mol. The van der Waals surface area contributed by atoms with Crippen molar-refractivity contribution in [3.05, 3.63) is 30.5 Å². The Kier molecular flexibility index (Phi) is 4.95. The van der Waals surface area contributed by atoms with Crippen LogP contribution in [0.3, 0.4) is 0 Å². The second-order valence-corrected chi connectivity index (χ2v) is 7.81. The van der Waals surface area contributed by atoms with Gasteiger partial charge in [0.05, 0.1) is 24.4 Å². The number of aliphatic carboxylic acids is 1. The van der Waals surface area contributed by atoms with Crippen LogP contribution in [0.4, 0.5) is 0 Å². The van der Waals surface area contributed by atoms with Crippen LogP contribution < -0.4 is 0 Å². The van der Waals surface area contributed by atoms with Crippen molar-refractivity contribution in [1.29, 1.82) is 0 Å². The summed E-state index contributed by atoms with van der Waals surface area (Å²) >= 11 is 0. The van der Waals surface area contributed by atoms with Gasteiger partial charge in [0.2, 0.25) is 5.91 Å². The lowest BCUT2D eigenvalue weighted by molar-refractivity contribution is -0.140. The highest BCUT2D eigenvalue weighted by molar-refractivity contribution is 5.78. The molecule has 1 saturated heterocycles. The number of hydrogen-bond donors (Lipinski definition) is 2. The molecule has 0 aromatic carbocycles. The van der Waals surface area contributed by atoms with Crippen molar-refractivity contribution in [2.75, 3.05) is 13.1 Å². The molecule has 0 saturated carbocycles.